The zero-order valence-corrected chi connectivity index (χ0v) is 11.5. The van der Waals surface area contributed by atoms with E-state index in [9.17, 15) is 13.6 Å². The number of anilines is 1. The Bertz CT molecular complexity index is 619. The second-order valence-electron chi connectivity index (χ2n) is 4.15. The molecule has 0 saturated carbocycles. The molecule has 0 spiro atoms. The first-order valence-electron chi connectivity index (χ1n) is 5.80. The number of hydrazine groups is 1. The van der Waals surface area contributed by atoms with Crippen LogP contribution in [-0.2, 0) is 6.54 Å². The highest BCUT2D eigenvalue weighted by Crippen LogP contribution is 2.20. The lowest BCUT2D eigenvalue weighted by Crippen LogP contribution is -2.23. The van der Waals surface area contributed by atoms with Crippen LogP contribution in [0.2, 0.25) is 0 Å². The molecule has 0 unspecified atom stereocenters. The van der Waals surface area contributed by atoms with Crippen molar-refractivity contribution in [2.24, 2.45) is 5.84 Å². The van der Waals surface area contributed by atoms with Gasteiger partial charge in [0.05, 0.1) is 6.54 Å². The van der Waals surface area contributed by atoms with Crippen molar-refractivity contribution in [1.29, 1.82) is 0 Å². The van der Waals surface area contributed by atoms with E-state index < -0.39 is 23.2 Å². The molecule has 0 fully saturated rings. The molecule has 0 aliphatic heterocycles. The number of nitrogens with one attached hydrogen (secondary N) is 2. The summed E-state index contributed by atoms with van der Waals surface area (Å²) in [6.45, 7) is 2.27. The van der Waals surface area contributed by atoms with Crippen molar-refractivity contribution in [3.8, 4) is 0 Å². The smallest absolute Gasteiger partial charge is 0.251 e. The van der Waals surface area contributed by atoms with Gasteiger partial charge in [0.25, 0.3) is 5.91 Å². The summed E-state index contributed by atoms with van der Waals surface area (Å²) in [4.78, 5) is 13.9. The molecule has 1 amide bonds. The van der Waals surface area contributed by atoms with Crippen molar-refractivity contribution < 1.29 is 13.6 Å². The third kappa shape index (κ3) is 3.12. The fourth-order valence-electron chi connectivity index (χ4n) is 1.69. The van der Waals surface area contributed by atoms with Crippen LogP contribution in [0.1, 0.15) is 20.1 Å². The van der Waals surface area contributed by atoms with Crippen LogP contribution >= 0.6 is 11.3 Å². The molecule has 4 nitrogen and oxygen atoms in total. The van der Waals surface area contributed by atoms with Gasteiger partial charge in [0.2, 0.25) is 0 Å². The van der Waals surface area contributed by atoms with Crippen molar-refractivity contribution in [3.05, 3.63) is 51.2 Å². The van der Waals surface area contributed by atoms with Gasteiger partial charge in [0.15, 0.2) is 11.6 Å². The van der Waals surface area contributed by atoms with Gasteiger partial charge in [-0.3, -0.25) is 10.6 Å². The SMILES string of the molecule is Cc1ccc(CNC(=O)c2cc(F)c(NN)c(F)c2)s1. The first kappa shape index (κ1) is 14.4. The molecule has 0 radical (unpaired) electrons. The van der Waals surface area contributed by atoms with Crippen molar-refractivity contribution in [1.82, 2.24) is 5.32 Å². The predicted octanol–water partition coefficient (Wildman–Crippen LogP) is 2.55. The Kier molecular flexibility index (Phi) is 4.31. The summed E-state index contributed by atoms with van der Waals surface area (Å²) in [7, 11) is 0. The number of nitrogens with two attached hydrogens (primary N) is 1. The molecule has 0 aliphatic rings. The quantitative estimate of drug-likeness (QED) is 0.600. The molecule has 7 heteroatoms. The minimum atomic E-state index is -0.912. The maximum atomic E-state index is 13.5. The summed E-state index contributed by atoms with van der Waals surface area (Å²) in [6, 6.07) is 5.71. The summed E-state index contributed by atoms with van der Waals surface area (Å²) < 4.78 is 27.0. The molecule has 2 aromatic rings. The predicted molar refractivity (Wildman–Crippen MR) is 74.4 cm³/mol. The number of benzene rings is 1. The van der Waals surface area contributed by atoms with Gasteiger partial charge in [-0.1, -0.05) is 0 Å². The number of hydrogen-bond donors (Lipinski definition) is 3. The molecule has 20 heavy (non-hydrogen) atoms. The Morgan fingerprint density at radius 3 is 2.45 bits per heavy atom. The minimum Gasteiger partial charge on any atom is -0.347 e. The molecule has 0 bridgehead atoms. The standard InChI is InChI=1S/C13H13F2N3OS/c1-7-2-3-9(20-7)6-17-13(19)8-4-10(14)12(18-16)11(15)5-8/h2-5,18H,6,16H2,1H3,(H,17,19). The Labute approximate surface area is 118 Å². The van der Waals surface area contributed by atoms with Gasteiger partial charge in [-0.2, -0.15) is 0 Å². The lowest BCUT2D eigenvalue weighted by Gasteiger charge is -2.07. The molecular formula is C13H13F2N3OS. The van der Waals surface area contributed by atoms with Crippen LogP contribution in [0.3, 0.4) is 0 Å². The Morgan fingerprint density at radius 2 is 1.95 bits per heavy atom. The van der Waals surface area contributed by atoms with E-state index in [1.165, 1.54) is 0 Å². The highest BCUT2D eigenvalue weighted by Gasteiger charge is 2.14. The van der Waals surface area contributed by atoms with Crippen LogP contribution < -0.4 is 16.6 Å². The topological polar surface area (TPSA) is 67.2 Å². The number of carbonyl (C=O) groups is 1. The van der Waals surface area contributed by atoms with E-state index in [2.05, 4.69) is 5.32 Å². The largest absolute Gasteiger partial charge is 0.347 e. The Balaban J connectivity index is 2.09. The molecule has 1 aromatic carbocycles. The van der Waals surface area contributed by atoms with E-state index in [-0.39, 0.29) is 5.56 Å². The van der Waals surface area contributed by atoms with Gasteiger partial charge in [-0.25, -0.2) is 8.78 Å². The number of aryl methyl sites for hydroxylation is 1. The van der Waals surface area contributed by atoms with Crippen molar-refractivity contribution in [2.75, 3.05) is 5.43 Å². The maximum Gasteiger partial charge on any atom is 0.251 e. The zero-order valence-electron chi connectivity index (χ0n) is 10.7. The van der Waals surface area contributed by atoms with E-state index in [0.29, 0.717) is 6.54 Å². The van der Waals surface area contributed by atoms with E-state index >= 15 is 0 Å². The van der Waals surface area contributed by atoms with Crippen LogP contribution in [0.5, 0.6) is 0 Å². The molecule has 0 saturated heterocycles. The molecule has 1 heterocycles. The highest BCUT2D eigenvalue weighted by molar-refractivity contribution is 7.11. The number of nitrogen functional groups attached to an aromatic ring is 1. The van der Waals surface area contributed by atoms with Crippen molar-refractivity contribution in [3.63, 3.8) is 0 Å². The third-order valence-corrected chi connectivity index (χ3v) is 3.67. The molecule has 2 rings (SSSR count). The molecule has 1 aromatic heterocycles. The molecular weight excluding hydrogens is 284 g/mol. The first-order valence-corrected chi connectivity index (χ1v) is 6.62. The van der Waals surface area contributed by atoms with E-state index in [4.69, 9.17) is 5.84 Å². The number of hydrogen-bond acceptors (Lipinski definition) is 4. The first-order chi connectivity index (χ1) is 9.51. The van der Waals surface area contributed by atoms with Gasteiger partial charge in [-0.05, 0) is 31.2 Å². The summed E-state index contributed by atoms with van der Waals surface area (Å²) in [5.74, 6) is 2.62. The van der Waals surface area contributed by atoms with Gasteiger partial charge in [0.1, 0.15) is 5.69 Å². The lowest BCUT2D eigenvalue weighted by atomic mass is 10.1. The highest BCUT2D eigenvalue weighted by atomic mass is 32.1. The van der Waals surface area contributed by atoms with E-state index in [1.54, 1.807) is 11.3 Å². The number of rotatable bonds is 4. The van der Waals surface area contributed by atoms with Crippen LogP contribution in [0.15, 0.2) is 24.3 Å². The van der Waals surface area contributed by atoms with Gasteiger partial charge < -0.3 is 10.7 Å². The second kappa shape index (κ2) is 5.98. The average molecular weight is 297 g/mol. The number of amides is 1. The summed E-state index contributed by atoms with van der Waals surface area (Å²) in [5.41, 5.74) is 1.36. The van der Waals surface area contributed by atoms with Crippen LogP contribution in [0.25, 0.3) is 0 Å². The normalized spacial score (nSPS) is 10.4. The molecule has 4 N–H and O–H groups in total. The Hall–Kier alpha value is -1.99. The second-order valence-corrected chi connectivity index (χ2v) is 5.53. The number of thiophene rings is 1. The lowest BCUT2D eigenvalue weighted by molar-refractivity contribution is 0.0950. The summed E-state index contributed by atoms with van der Waals surface area (Å²) in [6.07, 6.45) is 0. The van der Waals surface area contributed by atoms with Gasteiger partial charge >= 0.3 is 0 Å². The third-order valence-electron chi connectivity index (χ3n) is 2.67. The van der Waals surface area contributed by atoms with Crippen molar-refractivity contribution >= 4 is 22.9 Å². The van der Waals surface area contributed by atoms with E-state index in [0.717, 1.165) is 21.9 Å². The van der Waals surface area contributed by atoms with Gasteiger partial charge in [-0.15, -0.1) is 11.3 Å². The van der Waals surface area contributed by atoms with Crippen molar-refractivity contribution in [2.45, 2.75) is 13.5 Å². The summed E-state index contributed by atoms with van der Waals surface area (Å²) >= 11 is 1.55. The maximum absolute atomic E-state index is 13.5. The van der Waals surface area contributed by atoms with E-state index in [1.807, 2.05) is 24.5 Å². The number of halogens is 2. The van der Waals surface area contributed by atoms with Gasteiger partial charge in [0, 0.05) is 15.3 Å². The monoisotopic (exact) mass is 297 g/mol. The van der Waals surface area contributed by atoms with Crippen LogP contribution in [0.4, 0.5) is 14.5 Å². The minimum absolute atomic E-state index is 0.0905. The zero-order chi connectivity index (χ0) is 14.7. The molecule has 106 valence electrons. The number of carbonyl (C=O) groups excluding carboxylic acids is 1. The van der Waals surface area contributed by atoms with Crippen LogP contribution in [0, 0.1) is 18.6 Å². The summed E-state index contributed by atoms with van der Waals surface area (Å²) in [5, 5.41) is 2.61. The fourth-order valence-corrected chi connectivity index (χ4v) is 2.52. The molecule has 0 atom stereocenters. The molecule has 0 aliphatic carbocycles. The Morgan fingerprint density at radius 1 is 1.30 bits per heavy atom. The average Bonchev–Trinajstić information content (AvgIpc) is 2.81. The van der Waals surface area contributed by atoms with Crippen LogP contribution in [-0.4, -0.2) is 5.91 Å². The fraction of sp³-hybridized carbons (Fsp3) is 0.154.